The fourth-order valence-corrected chi connectivity index (χ4v) is 8.56. The normalized spacial score (nSPS) is 21.0. The Bertz CT molecular complexity index is 1860. The van der Waals surface area contributed by atoms with Crippen molar-refractivity contribution in [2.75, 3.05) is 4.90 Å². The Morgan fingerprint density at radius 3 is 2.15 bits per heavy atom. The van der Waals surface area contributed by atoms with Gasteiger partial charge in [0.25, 0.3) is 0 Å². The van der Waals surface area contributed by atoms with Crippen LogP contribution in [-0.2, 0) is 9.59 Å². The van der Waals surface area contributed by atoms with Crippen LogP contribution in [0.4, 0.5) is 11.4 Å². The minimum atomic E-state index is -1.01. The Morgan fingerprint density at radius 1 is 0.891 bits per heavy atom. The van der Waals surface area contributed by atoms with Crippen LogP contribution in [-0.4, -0.2) is 27.1 Å². The number of ketones is 1. The van der Waals surface area contributed by atoms with Crippen LogP contribution in [0.3, 0.4) is 0 Å². The maximum Gasteiger partial charge on any atom is 0.304 e. The summed E-state index contributed by atoms with van der Waals surface area (Å²) in [5.74, 6) is -1.47. The number of thiocarbonyl (C=S) groups is 1. The maximum atomic E-state index is 12.9. The number of nitrogens with zero attached hydrogens (tertiary/aromatic N) is 1. The monoisotopic (exact) mass is 641 g/mol. The Kier molecular flexibility index (Phi) is 8.26. The van der Waals surface area contributed by atoms with Gasteiger partial charge in [-0.1, -0.05) is 108 Å². The van der Waals surface area contributed by atoms with Crippen molar-refractivity contribution in [2.45, 2.75) is 51.5 Å². The first-order valence-electron chi connectivity index (χ1n) is 15.8. The van der Waals surface area contributed by atoms with Crippen LogP contribution in [0.5, 0.6) is 0 Å². The molecule has 3 atom stereocenters. The smallest absolute Gasteiger partial charge is 0.304 e. The topological polar surface area (TPSA) is 57.6 Å². The summed E-state index contributed by atoms with van der Waals surface area (Å²) in [6.45, 7) is 4.23. The van der Waals surface area contributed by atoms with Gasteiger partial charge in [-0.15, -0.1) is 0 Å². The van der Waals surface area contributed by atoms with E-state index in [0.29, 0.717) is 21.1 Å². The van der Waals surface area contributed by atoms with Gasteiger partial charge < -0.3 is 10.0 Å². The highest BCUT2D eigenvalue weighted by Crippen LogP contribution is 2.52. The number of carboxylic acid groups (broad SMARTS) is 1. The van der Waals surface area contributed by atoms with Gasteiger partial charge in [0.2, 0.25) is 0 Å². The molecule has 46 heavy (non-hydrogen) atoms. The Morgan fingerprint density at radius 2 is 1.52 bits per heavy atom. The number of carbonyl (C=O) groups excluding carboxylic acids is 1. The third kappa shape index (κ3) is 5.88. The maximum absolute atomic E-state index is 12.9. The summed E-state index contributed by atoms with van der Waals surface area (Å²) in [6, 6.07) is 33.3. The first-order chi connectivity index (χ1) is 22.2. The van der Waals surface area contributed by atoms with Crippen molar-refractivity contribution in [2.24, 2.45) is 5.92 Å². The molecule has 2 heterocycles. The second-order valence-electron chi connectivity index (χ2n) is 12.6. The van der Waals surface area contributed by atoms with Gasteiger partial charge >= 0.3 is 5.97 Å². The van der Waals surface area contributed by atoms with Gasteiger partial charge in [-0.25, -0.2) is 0 Å². The number of hydrogen-bond donors (Lipinski definition) is 1. The summed E-state index contributed by atoms with van der Waals surface area (Å²) in [5.41, 5.74) is 11.9. The minimum Gasteiger partial charge on any atom is -0.481 e. The van der Waals surface area contributed by atoms with E-state index in [0.717, 1.165) is 24.0 Å². The molecule has 3 aliphatic rings. The molecular weight excluding hydrogens is 607 g/mol. The van der Waals surface area contributed by atoms with E-state index < -0.39 is 11.9 Å². The van der Waals surface area contributed by atoms with Gasteiger partial charge in [-0.05, 0) is 96.5 Å². The Balaban J connectivity index is 1.19. The summed E-state index contributed by atoms with van der Waals surface area (Å²) in [5, 5.41) is 9.21. The molecule has 2 aliphatic heterocycles. The third-order valence-corrected chi connectivity index (χ3v) is 11.0. The predicted octanol–water partition coefficient (Wildman–Crippen LogP) is 9.76. The number of aryl methyl sites for hydroxylation is 2. The van der Waals surface area contributed by atoms with Crippen molar-refractivity contribution in [3.8, 4) is 0 Å². The standard InChI is InChI=1S/C40H35NO3S2/c1-24-6-13-28(14-7-24)32(29-15-8-25(2)9-16-29)20-26-10-17-30(18-11-26)41-35-5-3-4-31(35)33-21-27(12-19-36(33)41)22-37-39(44)34(23-38(42)43)40(45)46-37/h6-22,31,34-35H,3-5,23H2,1-2H3,(H,42,43). The van der Waals surface area contributed by atoms with Crippen molar-refractivity contribution in [1.29, 1.82) is 0 Å². The van der Waals surface area contributed by atoms with Crippen molar-refractivity contribution in [3.63, 3.8) is 0 Å². The zero-order valence-electron chi connectivity index (χ0n) is 25.9. The van der Waals surface area contributed by atoms with E-state index in [1.807, 2.05) is 6.08 Å². The number of Topliss-reactive ketones (excluding diaryl/α,β-unsaturated/α-hetero) is 1. The number of carbonyl (C=O) groups is 2. The first-order valence-corrected chi connectivity index (χ1v) is 17.1. The highest BCUT2D eigenvalue weighted by Gasteiger charge is 2.42. The van der Waals surface area contributed by atoms with E-state index in [2.05, 4.69) is 116 Å². The minimum absolute atomic E-state index is 0.180. The molecule has 0 spiro atoms. The second kappa shape index (κ2) is 12.5. The lowest BCUT2D eigenvalue weighted by molar-refractivity contribution is -0.139. The molecule has 1 N–H and O–H groups in total. The van der Waals surface area contributed by atoms with Crippen LogP contribution < -0.4 is 4.90 Å². The number of anilines is 2. The highest BCUT2D eigenvalue weighted by molar-refractivity contribution is 8.27. The average Bonchev–Trinajstić information content (AvgIpc) is 3.71. The number of hydrogen-bond acceptors (Lipinski definition) is 5. The summed E-state index contributed by atoms with van der Waals surface area (Å²) in [7, 11) is 0. The number of thioether (sulfide) groups is 1. The Hall–Kier alpha value is -4.26. The molecule has 4 nitrogen and oxygen atoms in total. The molecule has 0 radical (unpaired) electrons. The molecule has 7 rings (SSSR count). The van der Waals surface area contributed by atoms with Gasteiger partial charge in [-0.3, -0.25) is 9.59 Å². The lowest BCUT2D eigenvalue weighted by atomic mass is 9.94. The van der Waals surface area contributed by atoms with Crippen LogP contribution in [0.1, 0.15) is 70.5 Å². The lowest BCUT2D eigenvalue weighted by Gasteiger charge is -2.27. The number of carboxylic acids is 1. The molecule has 230 valence electrons. The molecule has 0 bridgehead atoms. The third-order valence-electron chi connectivity index (χ3n) is 9.46. The largest absolute Gasteiger partial charge is 0.481 e. The molecule has 1 aliphatic carbocycles. The molecule has 1 saturated carbocycles. The van der Waals surface area contributed by atoms with Crippen LogP contribution in [0.15, 0.2) is 95.9 Å². The predicted molar refractivity (Wildman–Crippen MR) is 194 cm³/mol. The fourth-order valence-electron chi connectivity index (χ4n) is 7.11. The zero-order chi connectivity index (χ0) is 31.9. The molecule has 1 saturated heterocycles. The van der Waals surface area contributed by atoms with E-state index >= 15 is 0 Å². The van der Waals surface area contributed by atoms with Crippen LogP contribution in [0.2, 0.25) is 0 Å². The van der Waals surface area contributed by atoms with Crippen molar-refractivity contribution >= 4 is 69.0 Å². The van der Waals surface area contributed by atoms with E-state index in [1.165, 1.54) is 62.9 Å². The second-order valence-corrected chi connectivity index (χ2v) is 14.4. The van der Waals surface area contributed by atoms with Gasteiger partial charge in [0, 0.05) is 23.3 Å². The van der Waals surface area contributed by atoms with Gasteiger partial charge in [0.05, 0.1) is 21.4 Å². The number of benzene rings is 4. The number of fused-ring (bicyclic) bond motifs is 3. The van der Waals surface area contributed by atoms with Crippen molar-refractivity contribution in [1.82, 2.24) is 0 Å². The quantitative estimate of drug-likeness (QED) is 0.123. The zero-order valence-corrected chi connectivity index (χ0v) is 27.5. The van der Waals surface area contributed by atoms with Gasteiger partial charge in [0.15, 0.2) is 5.78 Å². The molecule has 4 aromatic carbocycles. The summed E-state index contributed by atoms with van der Waals surface area (Å²) in [6.07, 6.45) is 7.39. The lowest BCUT2D eigenvalue weighted by Crippen LogP contribution is -2.26. The van der Waals surface area contributed by atoms with Crippen molar-refractivity contribution in [3.05, 3.63) is 135 Å². The molecule has 2 fully saturated rings. The van der Waals surface area contributed by atoms with Crippen LogP contribution >= 0.6 is 24.0 Å². The Labute approximate surface area is 279 Å². The van der Waals surface area contributed by atoms with Crippen LogP contribution in [0.25, 0.3) is 17.7 Å². The molecular formula is C40H35NO3S2. The number of rotatable bonds is 7. The van der Waals surface area contributed by atoms with Crippen molar-refractivity contribution < 1.29 is 14.7 Å². The summed E-state index contributed by atoms with van der Waals surface area (Å²) >= 11 is 6.59. The van der Waals surface area contributed by atoms with Gasteiger partial charge in [-0.2, -0.15) is 0 Å². The fraction of sp³-hybridized carbons (Fsp3) is 0.225. The number of aliphatic carboxylic acids is 1. The van der Waals surface area contributed by atoms with E-state index in [9.17, 15) is 14.7 Å². The average molecular weight is 642 g/mol. The van der Waals surface area contributed by atoms with Gasteiger partial charge in [0.1, 0.15) is 0 Å². The van der Waals surface area contributed by atoms with Crippen LogP contribution in [0, 0.1) is 19.8 Å². The SMILES string of the molecule is Cc1ccc(C(=Cc2ccc(N3c4ccc(C=C5SC(=S)C(CC(=O)O)C5=O)cc4C4CCCC43)cc2)c2ccc(C)cc2)cc1. The molecule has 0 amide bonds. The number of allylic oxidation sites excluding steroid dienone is 1. The first kappa shape index (κ1) is 30.4. The molecule has 3 unspecified atom stereocenters. The van der Waals surface area contributed by atoms with E-state index in [1.54, 1.807) is 0 Å². The molecule has 0 aromatic heterocycles. The summed E-state index contributed by atoms with van der Waals surface area (Å²) in [4.78, 5) is 27.2. The molecule has 4 aromatic rings. The van der Waals surface area contributed by atoms with E-state index in [4.69, 9.17) is 12.2 Å². The highest BCUT2D eigenvalue weighted by atomic mass is 32.2. The summed E-state index contributed by atoms with van der Waals surface area (Å²) < 4.78 is 0.449. The molecule has 6 heteroatoms. The van der Waals surface area contributed by atoms with E-state index in [-0.39, 0.29) is 12.2 Å².